The average Bonchev–Trinajstić information content (AvgIpc) is 2.50. The molecule has 1 heterocycles. The van der Waals surface area contributed by atoms with Crippen LogP contribution in [0.2, 0.25) is 5.02 Å². The molecule has 1 aromatic rings. The lowest BCUT2D eigenvalue weighted by molar-refractivity contribution is 0.268. The lowest BCUT2D eigenvalue weighted by Gasteiger charge is -2.30. The fourth-order valence-electron chi connectivity index (χ4n) is 1.79. The molecule has 0 fully saturated rings. The van der Waals surface area contributed by atoms with E-state index in [-0.39, 0.29) is 0 Å². The van der Waals surface area contributed by atoms with E-state index in [1.54, 1.807) is 11.3 Å². The molecule has 1 unspecified atom stereocenters. The number of nitrogens with one attached hydrogen (secondary N) is 1. The number of aryl methyl sites for hydroxylation is 1. The summed E-state index contributed by atoms with van der Waals surface area (Å²) in [5.74, 6) is 0. The minimum Gasteiger partial charge on any atom is -0.316 e. The summed E-state index contributed by atoms with van der Waals surface area (Å²) in [6.45, 7) is 6.80. The SMILES string of the molecule is CNC(CCc1sccc1Cl)C(C)(C)C. The van der Waals surface area contributed by atoms with Crippen molar-refractivity contribution in [3.63, 3.8) is 0 Å². The molecule has 86 valence electrons. The molecule has 0 saturated carbocycles. The van der Waals surface area contributed by atoms with Crippen molar-refractivity contribution >= 4 is 22.9 Å². The molecular formula is C12H20ClNS. The van der Waals surface area contributed by atoms with Gasteiger partial charge in [0.15, 0.2) is 0 Å². The summed E-state index contributed by atoms with van der Waals surface area (Å²) in [6.07, 6.45) is 2.21. The number of thiophene rings is 1. The third kappa shape index (κ3) is 3.78. The predicted molar refractivity (Wildman–Crippen MR) is 70.0 cm³/mol. The number of rotatable bonds is 4. The van der Waals surface area contributed by atoms with Crippen molar-refractivity contribution in [2.45, 2.75) is 39.7 Å². The first-order chi connectivity index (χ1) is 6.95. The smallest absolute Gasteiger partial charge is 0.0544 e. The molecule has 0 aromatic carbocycles. The van der Waals surface area contributed by atoms with Crippen molar-refractivity contribution in [1.82, 2.24) is 5.32 Å². The lowest BCUT2D eigenvalue weighted by atomic mass is 9.84. The molecule has 0 aliphatic carbocycles. The highest BCUT2D eigenvalue weighted by atomic mass is 35.5. The second kappa shape index (κ2) is 5.33. The van der Waals surface area contributed by atoms with Crippen molar-refractivity contribution in [1.29, 1.82) is 0 Å². The Morgan fingerprint density at radius 3 is 2.53 bits per heavy atom. The van der Waals surface area contributed by atoms with Crippen molar-refractivity contribution in [2.75, 3.05) is 7.05 Å². The van der Waals surface area contributed by atoms with Gasteiger partial charge in [0.1, 0.15) is 0 Å². The Morgan fingerprint density at radius 1 is 1.47 bits per heavy atom. The first-order valence-corrected chi connectivity index (χ1v) is 6.60. The highest BCUT2D eigenvalue weighted by molar-refractivity contribution is 7.10. The van der Waals surface area contributed by atoms with Gasteiger partial charge in [-0.3, -0.25) is 0 Å². The number of hydrogen-bond donors (Lipinski definition) is 1. The van der Waals surface area contributed by atoms with Crippen LogP contribution in [-0.4, -0.2) is 13.1 Å². The maximum atomic E-state index is 6.07. The largest absolute Gasteiger partial charge is 0.316 e. The van der Waals surface area contributed by atoms with Crippen molar-refractivity contribution in [2.24, 2.45) is 5.41 Å². The second-order valence-corrected chi connectivity index (χ2v) is 6.35. The molecule has 0 saturated heterocycles. The first kappa shape index (κ1) is 13.0. The Kier molecular flexibility index (Phi) is 4.63. The minimum atomic E-state index is 0.304. The van der Waals surface area contributed by atoms with Crippen molar-refractivity contribution in [3.05, 3.63) is 21.3 Å². The Morgan fingerprint density at radius 2 is 2.13 bits per heavy atom. The Labute approximate surface area is 102 Å². The van der Waals surface area contributed by atoms with Gasteiger partial charge in [0.2, 0.25) is 0 Å². The summed E-state index contributed by atoms with van der Waals surface area (Å²) < 4.78 is 0. The van der Waals surface area contributed by atoms with E-state index in [1.165, 1.54) is 4.88 Å². The van der Waals surface area contributed by atoms with Gasteiger partial charge in [-0.15, -0.1) is 11.3 Å². The van der Waals surface area contributed by atoms with Gasteiger partial charge in [0.25, 0.3) is 0 Å². The summed E-state index contributed by atoms with van der Waals surface area (Å²) >= 11 is 7.82. The molecule has 1 rings (SSSR count). The fourth-order valence-corrected chi connectivity index (χ4v) is 2.94. The molecule has 0 amide bonds. The van der Waals surface area contributed by atoms with E-state index in [0.717, 1.165) is 17.9 Å². The van der Waals surface area contributed by atoms with Crippen LogP contribution < -0.4 is 5.32 Å². The highest BCUT2D eigenvalue weighted by Crippen LogP contribution is 2.27. The quantitative estimate of drug-likeness (QED) is 0.847. The van der Waals surface area contributed by atoms with Gasteiger partial charge in [-0.25, -0.2) is 0 Å². The molecule has 1 aromatic heterocycles. The zero-order valence-corrected chi connectivity index (χ0v) is 11.5. The second-order valence-electron chi connectivity index (χ2n) is 4.94. The molecular weight excluding hydrogens is 226 g/mol. The summed E-state index contributed by atoms with van der Waals surface area (Å²) in [4.78, 5) is 1.31. The normalized spacial score (nSPS) is 14.2. The zero-order chi connectivity index (χ0) is 11.5. The maximum Gasteiger partial charge on any atom is 0.0544 e. The van der Waals surface area contributed by atoms with Crippen LogP contribution in [0.25, 0.3) is 0 Å². The third-order valence-electron chi connectivity index (χ3n) is 2.74. The Balaban J connectivity index is 2.52. The molecule has 1 atom stereocenters. The highest BCUT2D eigenvalue weighted by Gasteiger charge is 2.22. The van der Waals surface area contributed by atoms with Gasteiger partial charge in [-0.05, 0) is 36.8 Å². The van der Waals surface area contributed by atoms with Crippen molar-refractivity contribution < 1.29 is 0 Å². The van der Waals surface area contributed by atoms with Gasteiger partial charge in [0.05, 0.1) is 5.02 Å². The molecule has 0 bridgehead atoms. The van der Waals surface area contributed by atoms with E-state index >= 15 is 0 Å². The van der Waals surface area contributed by atoms with Gasteiger partial charge in [0, 0.05) is 10.9 Å². The van der Waals surface area contributed by atoms with E-state index in [2.05, 4.69) is 31.5 Å². The molecule has 0 radical (unpaired) electrons. The first-order valence-electron chi connectivity index (χ1n) is 5.34. The van der Waals surface area contributed by atoms with Gasteiger partial charge in [-0.1, -0.05) is 32.4 Å². The molecule has 0 spiro atoms. The van der Waals surface area contributed by atoms with Crippen LogP contribution >= 0.6 is 22.9 Å². The van der Waals surface area contributed by atoms with Gasteiger partial charge in [-0.2, -0.15) is 0 Å². The molecule has 0 aliphatic rings. The number of hydrogen-bond acceptors (Lipinski definition) is 2. The standard InChI is InChI=1S/C12H20ClNS/c1-12(2,3)11(14-4)6-5-10-9(13)7-8-15-10/h7-8,11,14H,5-6H2,1-4H3. The van der Waals surface area contributed by atoms with Crippen LogP contribution in [0.15, 0.2) is 11.4 Å². The molecule has 3 heteroatoms. The summed E-state index contributed by atoms with van der Waals surface area (Å²) in [5.41, 5.74) is 0.304. The Bertz CT molecular complexity index is 301. The molecule has 1 N–H and O–H groups in total. The van der Waals surface area contributed by atoms with Crippen LogP contribution in [0.4, 0.5) is 0 Å². The molecule has 1 nitrogen and oxygen atoms in total. The Hall–Kier alpha value is -0.0500. The van der Waals surface area contributed by atoms with Crippen molar-refractivity contribution in [3.8, 4) is 0 Å². The van der Waals surface area contributed by atoms with E-state index in [4.69, 9.17) is 11.6 Å². The predicted octanol–water partition coefficient (Wildman–Crippen LogP) is 3.97. The maximum absolute atomic E-state index is 6.07. The summed E-state index contributed by atoms with van der Waals surface area (Å²) in [7, 11) is 2.03. The van der Waals surface area contributed by atoms with Crippen LogP contribution in [-0.2, 0) is 6.42 Å². The van der Waals surface area contributed by atoms with E-state index in [1.807, 2.05) is 13.1 Å². The monoisotopic (exact) mass is 245 g/mol. The van der Waals surface area contributed by atoms with Gasteiger partial charge < -0.3 is 5.32 Å². The van der Waals surface area contributed by atoms with Gasteiger partial charge >= 0.3 is 0 Å². The van der Waals surface area contributed by atoms with Crippen LogP contribution in [0.3, 0.4) is 0 Å². The summed E-state index contributed by atoms with van der Waals surface area (Å²) in [6, 6.07) is 2.52. The topological polar surface area (TPSA) is 12.0 Å². The zero-order valence-electron chi connectivity index (χ0n) is 9.93. The lowest BCUT2D eigenvalue weighted by Crippen LogP contribution is -2.38. The average molecular weight is 246 g/mol. The van der Waals surface area contributed by atoms with Crippen LogP contribution in [0.1, 0.15) is 32.1 Å². The fraction of sp³-hybridized carbons (Fsp3) is 0.667. The minimum absolute atomic E-state index is 0.304. The molecule has 15 heavy (non-hydrogen) atoms. The third-order valence-corrected chi connectivity index (χ3v) is 4.19. The molecule has 0 aliphatic heterocycles. The van der Waals surface area contributed by atoms with E-state index in [0.29, 0.717) is 11.5 Å². The number of halogens is 1. The van der Waals surface area contributed by atoms with Crippen LogP contribution in [0.5, 0.6) is 0 Å². The van der Waals surface area contributed by atoms with E-state index < -0.39 is 0 Å². The van der Waals surface area contributed by atoms with E-state index in [9.17, 15) is 0 Å². The summed E-state index contributed by atoms with van der Waals surface area (Å²) in [5, 5.41) is 6.36. The van der Waals surface area contributed by atoms with Crippen LogP contribution in [0, 0.1) is 5.41 Å².